The molecule has 1 aliphatic rings. The van der Waals surface area contributed by atoms with E-state index in [2.05, 4.69) is 24.1 Å². The number of nitrogens with one attached hydrogen (secondary N) is 1. The van der Waals surface area contributed by atoms with Crippen LogP contribution in [0.25, 0.3) is 0 Å². The Morgan fingerprint density at radius 3 is 3.06 bits per heavy atom. The maximum Gasteiger partial charge on any atom is 0.261 e. The summed E-state index contributed by atoms with van der Waals surface area (Å²) in [4.78, 5) is 13.4. The van der Waals surface area contributed by atoms with E-state index >= 15 is 0 Å². The number of rotatable bonds is 3. The number of amides is 1. The standard InChI is InChI=1S/C13H16N2OS/c1-9-7-10(9)8-15-13(16)12-5-4-11(17-12)3-2-6-14/h4-5,9-10H,6-8,14H2,1H3,(H,15,16). The van der Waals surface area contributed by atoms with Crippen LogP contribution in [0.1, 0.15) is 27.9 Å². The Morgan fingerprint density at radius 1 is 1.65 bits per heavy atom. The van der Waals surface area contributed by atoms with Crippen molar-refractivity contribution in [3.05, 3.63) is 21.9 Å². The zero-order chi connectivity index (χ0) is 12.3. The highest BCUT2D eigenvalue weighted by atomic mass is 32.1. The predicted molar refractivity (Wildman–Crippen MR) is 69.9 cm³/mol. The van der Waals surface area contributed by atoms with E-state index in [1.54, 1.807) is 0 Å². The van der Waals surface area contributed by atoms with Gasteiger partial charge in [0.25, 0.3) is 5.91 Å². The van der Waals surface area contributed by atoms with Crippen LogP contribution in [0.15, 0.2) is 12.1 Å². The van der Waals surface area contributed by atoms with Crippen molar-refractivity contribution < 1.29 is 4.79 Å². The van der Waals surface area contributed by atoms with Crippen LogP contribution in [-0.2, 0) is 0 Å². The molecular formula is C13H16N2OS. The topological polar surface area (TPSA) is 55.1 Å². The lowest BCUT2D eigenvalue weighted by Gasteiger charge is -2.01. The largest absolute Gasteiger partial charge is 0.351 e. The van der Waals surface area contributed by atoms with Gasteiger partial charge in [-0.05, 0) is 30.4 Å². The molecule has 1 amide bonds. The number of carbonyl (C=O) groups is 1. The van der Waals surface area contributed by atoms with Crippen molar-refractivity contribution in [3.63, 3.8) is 0 Å². The van der Waals surface area contributed by atoms with Crippen molar-refractivity contribution in [1.29, 1.82) is 0 Å². The molecule has 1 fully saturated rings. The van der Waals surface area contributed by atoms with Crippen LogP contribution in [0.3, 0.4) is 0 Å². The lowest BCUT2D eigenvalue weighted by molar-refractivity contribution is 0.0955. The van der Waals surface area contributed by atoms with Crippen LogP contribution in [-0.4, -0.2) is 19.0 Å². The van der Waals surface area contributed by atoms with Gasteiger partial charge in [-0.1, -0.05) is 18.8 Å². The molecule has 1 aromatic rings. The van der Waals surface area contributed by atoms with Gasteiger partial charge >= 0.3 is 0 Å². The summed E-state index contributed by atoms with van der Waals surface area (Å²) in [6.07, 6.45) is 1.23. The second-order valence-corrected chi connectivity index (χ2v) is 5.44. The fraction of sp³-hybridized carbons (Fsp3) is 0.462. The molecule has 0 aliphatic heterocycles. The number of hydrogen-bond acceptors (Lipinski definition) is 3. The van der Waals surface area contributed by atoms with E-state index in [9.17, 15) is 4.79 Å². The molecule has 1 saturated carbocycles. The summed E-state index contributed by atoms with van der Waals surface area (Å²) in [6.45, 7) is 3.35. The lowest BCUT2D eigenvalue weighted by Crippen LogP contribution is -2.24. The van der Waals surface area contributed by atoms with Gasteiger partial charge in [-0.3, -0.25) is 4.79 Å². The molecule has 0 aromatic carbocycles. The Kier molecular flexibility index (Phi) is 3.82. The molecule has 3 nitrogen and oxygen atoms in total. The van der Waals surface area contributed by atoms with Gasteiger partial charge in [0.05, 0.1) is 16.3 Å². The minimum absolute atomic E-state index is 0.00917. The fourth-order valence-corrected chi connectivity index (χ4v) is 2.46. The molecule has 2 atom stereocenters. The van der Waals surface area contributed by atoms with Crippen LogP contribution in [0.2, 0.25) is 0 Å². The Morgan fingerprint density at radius 2 is 2.41 bits per heavy atom. The quantitative estimate of drug-likeness (QED) is 0.795. The van der Waals surface area contributed by atoms with Crippen molar-refractivity contribution in [3.8, 4) is 11.8 Å². The molecule has 4 heteroatoms. The van der Waals surface area contributed by atoms with Crippen molar-refractivity contribution in [1.82, 2.24) is 5.32 Å². The zero-order valence-corrected chi connectivity index (χ0v) is 10.6. The molecule has 1 aliphatic carbocycles. The monoisotopic (exact) mass is 248 g/mol. The molecule has 0 radical (unpaired) electrons. The first kappa shape index (κ1) is 12.2. The Labute approximate surface area is 105 Å². The van der Waals surface area contributed by atoms with Gasteiger partial charge in [0.15, 0.2) is 0 Å². The second kappa shape index (κ2) is 5.35. The number of nitrogens with two attached hydrogens (primary N) is 1. The van der Waals surface area contributed by atoms with Crippen LogP contribution < -0.4 is 11.1 Å². The van der Waals surface area contributed by atoms with Crippen molar-refractivity contribution in [2.24, 2.45) is 17.6 Å². The SMILES string of the molecule is CC1CC1CNC(=O)c1ccc(C#CCN)s1. The van der Waals surface area contributed by atoms with E-state index in [1.165, 1.54) is 17.8 Å². The number of carbonyl (C=O) groups excluding carboxylic acids is 1. The molecule has 0 spiro atoms. The summed E-state index contributed by atoms with van der Waals surface area (Å²) in [5.41, 5.74) is 5.30. The van der Waals surface area contributed by atoms with Crippen LogP contribution in [0, 0.1) is 23.7 Å². The first-order chi connectivity index (χ1) is 8.20. The third-order valence-electron chi connectivity index (χ3n) is 2.94. The molecule has 1 heterocycles. The Balaban J connectivity index is 1.88. The first-order valence-electron chi connectivity index (χ1n) is 5.77. The Hall–Kier alpha value is -1.31. The van der Waals surface area contributed by atoms with Gasteiger partial charge in [0, 0.05) is 6.54 Å². The number of hydrogen-bond donors (Lipinski definition) is 2. The van der Waals surface area contributed by atoms with Crippen LogP contribution in [0.4, 0.5) is 0 Å². The molecule has 0 bridgehead atoms. The molecular weight excluding hydrogens is 232 g/mol. The summed E-state index contributed by atoms with van der Waals surface area (Å²) in [7, 11) is 0. The maximum atomic E-state index is 11.8. The molecule has 17 heavy (non-hydrogen) atoms. The normalized spacial score (nSPS) is 21.5. The number of thiophene rings is 1. The summed E-state index contributed by atoms with van der Waals surface area (Å²) in [5, 5.41) is 2.96. The van der Waals surface area contributed by atoms with E-state index in [-0.39, 0.29) is 5.91 Å². The molecule has 2 rings (SSSR count). The molecule has 0 saturated heterocycles. The van der Waals surface area contributed by atoms with Crippen molar-refractivity contribution in [2.45, 2.75) is 13.3 Å². The third-order valence-corrected chi connectivity index (χ3v) is 3.94. The van der Waals surface area contributed by atoms with Crippen molar-refractivity contribution >= 4 is 17.2 Å². The zero-order valence-electron chi connectivity index (χ0n) is 9.82. The maximum absolute atomic E-state index is 11.8. The minimum atomic E-state index is 0.00917. The van der Waals surface area contributed by atoms with E-state index < -0.39 is 0 Å². The van der Waals surface area contributed by atoms with Gasteiger partial charge in [-0.25, -0.2) is 0 Å². The molecule has 3 N–H and O–H groups in total. The lowest BCUT2D eigenvalue weighted by atomic mass is 10.3. The Bertz CT molecular complexity index is 469. The second-order valence-electron chi connectivity index (χ2n) is 4.35. The summed E-state index contributed by atoms with van der Waals surface area (Å²) < 4.78 is 0. The van der Waals surface area contributed by atoms with Crippen LogP contribution >= 0.6 is 11.3 Å². The average molecular weight is 248 g/mol. The summed E-state index contributed by atoms with van der Waals surface area (Å²) >= 11 is 1.41. The van der Waals surface area contributed by atoms with Gasteiger partial charge in [0.2, 0.25) is 0 Å². The van der Waals surface area contributed by atoms with E-state index in [1.807, 2.05) is 12.1 Å². The van der Waals surface area contributed by atoms with Crippen molar-refractivity contribution in [2.75, 3.05) is 13.1 Å². The molecule has 2 unspecified atom stereocenters. The first-order valence-corrected chi connectivity index (χ1v) is 6.59. The predicted octanol–water partition coefficient (Wildman–Crippen LogP) is 1.44. The molecule has 1 aromatic heterocycles. The van der Waals surface area contributed by atoms with Gasteiger partial charge in [-0.15, -0.1) is 11.3 Å². The highest BCUT2D eigenvalue weighted by Crippen LogP contribution is 2.36. The molecule has 90 valence electrons. The highest BCUT2D eigenvalue weighted by Gasteiger charge is 2.32. The summed E-state index contributed by atoms with van der Waals surface area (Å²) in [6, 6.07) is 3.68. The fourth-order valence-electron chi connectivity index (χ4n) is 1.66. The summed E-state index contributed by atoms with van der Waals surface area (Å²) in [5.74, 6) is 7.16. The van der Waals surface area contributed by atoms with Gasteiger partial charge in [0.1, 0.15) is 0 Å². The van der Waals surface area contributed by atoms with Gasteiger partial charge < -0.3 is 11.1 Å². The highest BCUT2D eigenvalue weighted by molar-refractivity contribution is 7.14. The minimum Gasteiger partial charge on any atom is -0.351 e. The van der Waals surface area contributed by atoms with E-state index in [4.69, 9.17) is 5.73 Å². The van der Waals surface area contributed by atoms with Gasteiger partial charge in [-0.2, -0.15) is 0 Å². The third kappa shape index (κ3) is 3.32. The van der Waals surface area contributed by atoms with E-state index in [0.29, 0.717) is 12.5 Å². The smallest absolute Gasteiger partial charge is 0.261 e. The van der Waals surface area contributed by atoms with E-state index in [0.717, 1.165) is 22.2 Å². The average Bonchev–Trinajstić information content (AvgIpc) is 2.84. The van der Waals surface area contributed by atoms with Crippen LogP contribution in [0.5, 0.6) is 0 Å².